The van der Waals surface area contributed by atoms with Crippen LogP contribution in [0.1, 0.15) is 32.1 Å². The number of nitrogens with one attached hydrogen (secondary N) is 2. The molecule has 0 saturated heterocycles. The second kappa shape index (κ2) is 7.61. The molecule has 21 heavy (non-hydrogen) atoms. The Kier molecular flexibility index (Phi) is 5.82. The first kappa shape index (κ1) is 16.0. The number of carbonyl (C=O) groups excluding carboxylic acids is 1. The van der Waals surface area contributed by atoms with Crippen molar-refractivity contribution in [1.82, 2.24) is 5.32 Å². The number of hydrogen-bond acceptors (Lipinski definition) is 2. The van der Waals surface area contributed by atoms with Crippen LogP contribution in [0.5, 0.6) is 0 Å². The molecule has 1 aromatic rings. The number of thiocarbonyl (C=S) groups is 1. The van der Waals surface area contributed by atoms with E-state index in [1.165, 1.54) is 19.3 Å². The standard InChI is InChI=1S/C15H20ClN3OS/c16-11-7-4-8-12(9-11)18-15(20)19-13(14(17)21)10-5-2-1-3-6-10/h4,7-10,13H,1-3,5-6H2,(H2,17,21)(H2,18,19,20). The summed E-state index contributed by atoms with van der Waals surface area (Å²) >= 11 is 11.0. The molecule has 1 unspecified atom stereocenters. The highest BCUT2D eigenvalue weighted by Crippen LogP contribution is 2.26. The van der Waals surface area contributed by atoms with Crippen LogP contribution in [-0.2, 0) is 0 Å². The van der Waals surface area contributed by atoms with Crippen molar-refractivity contribution < 1.29 is 4.79 Å². The Morgan fingerprint density at radius 3 is 2.67 bits per heavy atom. The molecule has 1 atom stereocenters. The first-order chi connectivity index (χ1) is 10.1. The third-order valence-electron chi connectivity index (χ3n) is 3.80. The summed E-state index contributed by atoms with van der Waals surface area (Å²) in [6.45, 7) is 0. The molecular formula is C15H20ClN3OS. The molecule has 1 aliphatic carbocycles. The molecule has 1 fully saturated rings. The van der Waals surface area contributed by atoms with Crippen molar-refractivity contribution in [2.75, 3.05) is 5.32 Å². The van der Waals surface area contributed by atoms with Gasteiger partial charge in [-0.1, -0.05) is 49.1 Å². The molecule has 0 aliphatic heterocycles. The predicted octanol–water partition coefficient (Wildman–Crippen LogP) is 3.70. The molecule has 2 amide bonds. The van der Waals surface area contributed by atoms with E-state index >= 15 is 0 Å². The predicted molar refractivity (Wildman–Crippen MR) is 90.8 cm³/mol. The highest BCUT2D eigenvalue weighted by atomic mass is 35.5. The van der Waals surface area contributed by atoms with Crippen molar-refractivity contribution in [3.8, 4) is 0 Å². The maximum atomic E-state index is 12.1. The van der Waals surface area contributed by atoms with Crippen molar-refractivity contribution in [3.05, 3.63) is 29.3 Å². The van der Waals surface area contributed by atoms with Crippen molar-refractivity contribution in [2.24, 2.45) is 11.7 Å². The second-order valence-corrected chi connectivity index (χ2v) is 6.29. The number of carbonyl (C=O) groups is 1. The van der Waals surface area contributed by atoms with Gasteiger partial charge in [-0.05, 0) is 37.0 Å². The lowest BCUT2D eigenvalue weighted by Crippen LogP contribution is -2.50. The zero-order valence-electron chi connectivity index (χ0n) is 11.8. The summed E-state index contributed by atoms with van der Waals surface area (Å²) in [6.07, 6.45) is 5.69. The van der Waals surface area contributed by atoms with Gasteiger partial charge in [0.1, 0.15) is 0 Å². The van der Waals surface area contributed by atoms with E-state index in [0.717, 1.165) is 12.8 Å². The van der Waals surface area contributed by atoms with Gasteiger partial charge in [-0.15, -0.1) is 0 Å². The molecule has 2 rings (SSSR count). The van der Waals surface area contributed by atoms with Gasteiger partial charge in [0.25, 0.3) is 0 Å². The summed E-state index contributed by atoms with van der Waals surface area (Å²) < 4.78 is 0. The first-order valence-electron chi connectivity index (χ1n) is 7.18. The molecule has 4 nitrogen and oxygen atoms in total. The van der Waals surface area contributed by atoms with Gasteiger partial charge in [0.05, 0.1) is 11.0 Å². The van der Waals surface area contributed by atoms with Crippen molar-refractivity contribution in [2.45, 2.75) is 38.1 Å². The summed E-state index contributed by atoms with van der Waals surface area (Å²) in [7, 11) is 0. The summed E-state index contributed by atoms with van der Waals surface area (Å²) in [5, 5.41) is 6.23. The maximum absolute atomic E-state index is 12.1. The molecule has 0 heterocycles. The molecule has 0 aromatic heterocycles. The van der Waals surface area contributed by atoms with Crippen molar-refractivity contribution in [3.63, 3.8) is 0 Å². The third-order valence-corrected chi connectivity index (χ3v) is 4.29. The Bertz CT molecular complexity index is 517. The van der Waals surface area contributed by atoms with E-state index in [4.69, 9.17) is 29.6 Å². The molecule has 0 radical (unpaired) electrons. The number of rotatable bonds is 4. The largest absolute Gasteiger partial charge is 0.392 e. The van der Waals surface area contributed by atoms with E-state index in [2.05, 4.69) is 10.6 Å². The summed E-state index contributed by atoms with van der Waals surface area (Å²) in [4.78, 5) is 12.5. The average molecular weight is 326 g/mol. The molecule has 4 N–H and O–H groups in total. The van der Waals surface area contributed by atoms with E-state index in [0.29, 0.717) is 21.6 Å². The van der Waals surface area contributed by atoms with Gasteiger partial charge >= 0.3 is 6.03 Å². The molecule has 0 bridgehead atoms. The molecule has 1 saturated carbocycles. The highest BCUT2D eigenvalue weighted by molar-refractivity contribution is 7.80. The monoisotopic (exact) mass is 325 g/mol. The van der Waals surface area contributed by atoms with Gasteiger partial charge in [-0.3, -0.25) is 0 Å². The smallest absolute Gasteiger partial charge is 0.319 e. The van der Waals surface area contributed by atoms with Gasteiger partial charge in [-0.2, -0.15) is 0 Å². The highest BCUT2D eigenvalue weighted by Gasteiger charge is 2.27. The number of urea groups is 1. The van der Waals surface area contributed by atoms with Crippen LogP contribution in [0.4, 0.5) is 10.5 Å². The SMILES string of the molecule is NC(=S)C(NC(=O)Nc1cccc(Cl)c1)C1CCCCC1. The zero-order chi connectivity index (χ0) is 15.2. The maximum Gasteiger partial charge on any atom is 0.319 e. The number of halogens is 1. The quantitative estimate of drug-likeness (QED) is 0.739. The van der Waals surface area contributed by atoms with Crippen LogP contribution in [0, 0.1) is 5.92 Å². The number of anilines is 1. The number of benzene rings is 1. The number of nitrogens with two attached hydrogens (primary N) is 1. The molecule has 1 aromatic carbocycles. The minimum absolute atomic E-state index is 0.250. The second-order valence-electron chi connectivity index (χ2n) is 5.39. The molecular weight excluding hydrogens is 306 g/mol. The fourth-order valence-electron chi connectivity index (χ4n) is 2.76. The Labute approximate surface area is 135 Å². The minimum Gasteiger partial charge on any atom is -0.392 e. The minimum atomic E-state index is -0.305. The van der Waals surface area contributed by atoms with Crippen LogP contribution in [0.15, 0.2) is 24.3 Å². The van der Waals surface area contributed by atoms with Crippen molar-refractivity contribution >= 4 is 40.5 Å². The van der Waals surface area contributed by atoms with Crippen molar-refractivity contribution in [1.29, 1.82) is 0 Å². The Morgan fingerprint density at radius 1 is 1.33 bits per heavy atom. The van der Waals surface area contributed by atoms with Gasteiger partial charge in [-0.25, -0.2) is 4.79 Å². The normalized spacial score (nSPS) is 17.0. The molecule has 6 heteroatoms. The molecule has 0 spiro atoms. The fraction of sp³-hybridized carbons (Fsp3) is 0.467. The molecule has 1 aliphatic rings. The summed E-state index contributed by atoms with van der Waals surface area (Å²) in [6, 6.07) is 6.45. The van der Waals surface area contributed by atoms with Gasteiger partial charge in [0, 0.05) is 10.7 Å². The zero-order valence-corrected chi connectivity index (χ0v) is 13.3. The Balaban J connectivity index is 1.96. The van der Waals surface area contributed by atoms with E-state index in [1.807, 2.05) is 0 Å². The topological polar surface area (TPSA) is 67.1 Å². The lowest BCUT2D eigenvalue weighted by molar-refractivity contribution is 0.242. The van der Waals surface area contributed by atoms with E-state index in [-0.39, 0.29) is 12.1 Å². The number of amides is 2. The third kappa shape index (κ3) is 4.86. The van der Waals surface area contributed by atoms with E-state index in [9.17, 15) is 4.79 Å². The molecule has 114 valence electrons. The Morgan fingerprint density at radius 2 is 2.05 bits per heavy atom. The van der Waals surface area contributed by atoms with Gasteiger partial charge in [0.2, 0.25) is 0 Å². The van der Waals surface area contributed by atoms with Gasteiger partial charge in [0.15, 0.2) is 0 Å². The van der Waals surface area contributed by atoms with Crippen LogP contribution >= 0.6 is 23.8 Å². The van der Waals surface area contributed by atoms with Crippen LogP contribution in [-0.4, -0.2) is 17.1 Å². The Hall–Kier alpha value is -1.33. The summed E-state index contributed by atoms with van der Waals surface area (Å²) in [5.41, 5.74) is 6.44. The van der Waals surface area contributed by atoms with Crippen LogP contribution in [0.25, 0.3) is 0 Å². The average Bonchev–Trinajstić information content (AvgIpc) is 2.45. The lowest BCUT2D eigenvalue weighted by Gasteiger charge is -2.30. The van der Waals surface area contributed by atoms with E-state index < -0.39 is 0 Å². The first-order valence-corrected chi connectivity index (χ1v) is 7.97. The fourth-order valence-corrected chi connectivity index (χ4v) is 3.21. The van der Waals surface area contributed by atoms with Crippen LogP contribution in [0.3, 0.4) is 0 Å². The van der Waals surface area contributed by atoms with Crippen LogP contribution in [0.2, 0.25) is 5.02 Å². The van der Waals surface area contributed by atoms with Gasteiger partial charge < -0.3 is 16.4 Å². The number of hydrogen-bond donors (Lipinski definition) is 3. The van der Waals surface area contributed by atoms with Crippen LogP contribution < -0.4 is 16.4 Å². The van der Waals surface area contributed by atoms with E-state index in [1.54, 1.807) is 24.3 Å². The lowest BCUT2D eigenvalue weighted by atomic mass is 9.84. The summed E-state index contributed by atoms with van der Waals surface area (Å²) in [5.74, 6) is 0.335.